The summed E-state index contributed by atoms with van der Waals surface area (Å²) in [5.74, 6) is 0.151. The smallest absolute Gasteiger partial charge is 0.0672 e. The SMILES string of the molecule is CCC(CC)(CO)CNC1CCCCCC1C#N. The molecule has 0 aromatic heterocycles. The summed E-state index contributed by atoms with van der Waals surface area (Å²) in [6, 6.07) is 2.78. The average molecular weight is 252 g/mol. The summed E-state index contributed by atoms with van der Waals surface area (Å²) in [4.78, 5) is 0. The highest BCUT2D eigenvalue weighted by molar-refractivity contribution is 4.94. The third kappa shape index (κ3) is 3.96. The fourth-order valence-corrected chi connectivity index (χ4v) is 2.83. The first kappa shape index (κ1) is 15.5. The summed E-state index contributed by atoms with van der Waals surface area (Å²) in [6.45, 7) is 5.34. The van der Waals surface area contributed by atoms with E-state index in [0.717, 1.165) is 32.2 Å². The molecular formula is C15H28N2O. The Balaban J connectivity index is 2.56. The summed E-state index contributed by atoms with van der Waals surface area (Å²) >= 11 is 0. The van der Waals surface area contributed by atoms with Gasteiger partial charge in [0.05, 0.1) is 12.0 Å². The minimum Gasteiger partial charge on any atom is -0.396 e. The fourth-order valence-electron chi connectivity index (χ4n) is 2.83. The van der Waals surface area contributed by atoms with Crippen LogP contribution in [-0.4, -0.2) is 24.3 Å². The van der Waals surface area contributed by atoms with Crippen LogP contribution in [0.3, 0.4) is 0 Å². The van der Waals surface area contributed by atoms with Crippen molar-refractivity contribution in [2.24, 2.45) is 11.3 Å². The molecule has 2 unspecified atom stereocenters. The van der Waals surface area contributed by atoms with Gasteiger partial charge in [0.2, 0.25) is 0 Å². The van der Waals surface area contributed by atoms with Crippen molar-refractivity contribution in [1.82, 2.24) is 5.32 Å². The van der Waals surface area contributed by atoms with Gasteiger partial charge in [0, 0.05) is 24.6 Å². The highest BCUT2D eigenvalue weighted by atomic mass is 16.3. The Labute approximate surface area is 112 Å². The molecule has 0 spiro atoms. The predicted molar refractivity (Wildman–Crippen MR) is 74.1 cm³/mol. The number of nitriles is 1. The van der Waals surface area contributed by atoms with Crippen LogP contribution in [0, 0.1) is 22.7 Å². The van der Waals surface area contributed by atoms with Gasteiger partial charge in [-0.1, -0.05) is 33.1 Å². The molecule has 1 saturated carbocycles. The van der Waals surface area contributed by atoms with Crippen molar-refractivity contribution in [1.29, 1.82) is 5.26 Å². The molecule has 3 heteroatoms. The molecule has 1 rings (SSSR count). The van der Waals surface area contributed by atoms with Crippen molar-refractivity contribution < 1.29 is 5.11 Å². The van der Waals surface area contributed by atoms with Crippen LogP contribution in [0.5, 0.6) is 0 Å². The number of aliphatic hydroxyl groups is 1. The standard InChI is InChI=1S/C15H28N2O/c1-3-15(4-2,12-18)11-17-14-9-7-5-6-8-13(14)10-16/h13-14,17-18H,3-9,11-12H2,1-2H3. The van der Waals surface area contributed by atoms with E-state index >= 15 is 0 Å². The fraction of sp³-hybridized carbons (Fsp3) is 0.933. The molecule has 0 amide bonds. The second-order valence-corrected chi connectivity index (χ2v) is 5.73. The molecule has 2 atom stereocenters. The van der Waals surface area contributed by atoms with Gasteiger partial charge in [0.15, 0.2) is 0 Å². The van der Waals surface area contributed by atoms with Crippen LogP contribution in [0.4, 0.5) is 0 Å². The van der Waals surface area contributed by atoms with Crippen LogP contribution in [0.1, 0.15) is 58.8 Å². The molecule has 18 heavy (non-hydrogen) atoms. The van der Waals surface area contributed by atoms with Gasteiger partial charge < -0.3 is 10.4 Å². The lowest BCUT2D eigenvalue weighted by Crippen LogP contribution is -2.44. The summed E-state index contributed by atoms with van der Waals surface area (Å²) < 4.78 is 0. The molecule has 0 heterocycles. The third-order valence-electron chi connectivity index (χ3n) is 4.76. The van der Waals surface area contributed by atoms with E-state index in [1.807, 2.05) is 0 Å². The molecule has 1 fully saturated rings. The van der Waals surface area contributed by atoms with E-state index in [9.17, 15) is 10.4 Å². The number of aliphatic hydroxyl groups excluding tert-OH is 1. The predicted octanol–water partition coefficient (Wildman–Crippen LogP) is 2.85. The van der Waals surface area contributed by atoms with E-state index in [1.54, 1.807) is 0 Å². The largest absolute Gasteiger partial charge is 0.396 e. The number of hydrogen-bond acceptors (Lipinski definition) is 3. The van der Waals surface area contributed by atoms with Gasteiger partial charge in [-0.05, 0) is 25.7 Å². The summed E-state index contributed by atoms with van der Waals surface area (Å²) in [5, 5.41) is 22.4. The van der Waals surface area contributed by atoms with Crippen LogP contribution >= 0.6 is 0 Å². The van der Waals surface area contributed by atoms with E-state index in [1.165, 1.54) is 19.3 Å². The number of rotatable bonds is 6. The van der Waals surface area contributed by atoms with E-state index in [-0.39, 0.29) is 17.9 Å². The van der Waals surface area contributed by atoms with Gasteiger partial charge >= 0.3 is 0 Å². The highest BCUT2D eigenvalue weighted by Gasteiger charge is 2.29. The number of hydrogen-bond donors (Lipinski definition) is 2. The van der Waals surface area contributed by atoms with Gasteiger partial charge in [0.1, 0.15) is 0 Å². The lowest BCUT2D eigenvalue weighted by atomic mass is 9.82. The molecule has 0 radical (unpaired) electrons. The topological polar surface area (TPSA) is 56.0 Å². The first-order valence-electron chi connectivity index (χ1n) is 7.45. The summed E-state index contributed by atoms with van der Waals surface area (Å²) in [6.07, 6.45) is 7.76. The quantitative estimate of drug-likeness (QED) is 0.715. The van der Waals surface area contributed by atoms with E-state index in [0.29, 0.717) is 6.04 Å². The van der Waals surface area contributed by atoms with Crippen LogP contribution in [0.25, 0.3) is 0 Å². The first-order valence-corrected chi connectivity index (χ1v) is 7.45. The monoisotopic (exact) mass is 252 g/mol. The van der Waals surface area contributed by atoms with Crippen LogP contribution in [0.2, 0.25) is 0 Å². The normalized spacial score (nSPS) is 25.4. The minimum absolute atomic E-state index is 0.00763. The molecule has 104 valence electrons. The van der Waals surface area contributed by atoms with Gasteiger partial charge in [-0.2, -0.15) is 5.26 Å². The van der Waals surface area contributed by atoms with Crippen molar-refractivity contribution in [3.05, 3.63) is 0 Å². The van der Waals surface area contributed by atoms with Gasteiger partial charge in [-0.25, -0.2) is 0 Å². The van der Waals surface area contributed by atoms with E-state index in [4.69, 9.17) is 0 Å². The molecule has 1 aliphatic rings. The maximum absolute atomic E-state index is 9.58. The number of nitrogens with zero attached hydrogens (tertiary/aromatic N) is 1. The maximum Gasteiger partial charge on any atom is 0.0672 e. The van der Waals surface area contributed by atoms with E-state index < -0.39 is 0 Å². The minimum atomic E-state index is -0.00763. The molecule has 0 aliphatic heterocycles. The zero-order chi connectivity index (χ0) is 13.4. The lowest BCUT2D eigenvalue weighted by Gasteiger charge is -2.33. The second kappa shape index (κ2) is 7.76. The summed E-state index contributed by atoms with van der Waals surface area (Å²) in [7, 11) is 0. The van der Waals surface area contributed by atoms with Crippen molar-refractivity contribution in [3.8, 4) is 6.07 Å². The van der Waals surface area contributed by atoms with Gasteiger partial charge in [-0.3, -0.25) is 0 Å². The Hall–Kier alpha value is -0.590. The van der Waals surface area contributed by atoms with E-state index in [2.05, 4.69) is 25.2 Å². The maximum atomic E-state index is 9.58. The van der Waals surface area contributed by atoms with Crippen molar-refractivity contribution in [2.75, 3.05) is 13.2 Å². The lowest BCUT2D eigenvalue weighted by molar-refractivity contribution is 0.107. The Bertz CT molecular complexity index is 260. The third-order valence-corrected chi connectivity index (χ3v) is 4.76. The second-order valence-electron chi connectivity index (χ2n) is 5.73. The first-order chi connectivity index (χ1) is 8.71. The molecule has 0 saturated heterocycles. The van der Waals surface area contributed by atoms with Gasteiger partial charge in [0.25, 0.3) is 0 Å². The zero-order valence-electron chi connectivity index (χ0n) is 11.9. The molecule has 2 N–H and O–H groups in total. The molecular weight excluding hydrogens is 224 g/mol. The Morgan fingerprint density at radius 3 is 2.44 bits per heavy atom. The van der Waals surface area contributed by atoms with Crippen molar-refractivity contribution in [2.45, 2.75) is 64.8 Å². The molecule has 0 aromatic carbocycles. The number of nitrogens with one attached hydrogen (secondary N) is 1. The molecule has 3 nitrogen and oxygen atoms in total. The Morgan fingerprint density at radius 2 is 1.89 bits per heavy atom. The molecule has 0 bridgehead atoms. The Morgan fingerprint density at radius 1 is 1.22 bits per heavy atom. The summed E-state index contributed by atoms with van der Waals surface area (Å²) in [5.41, 5.74) is -0.00763. The zero-order valence-corrected chi connectivity index (χ0v) is 11.9. The average Bonchev–Trinajstić information content (AvgIpc) is 2.66. The highest BCUT2D eigenvalue weighted by Crippen LogP contribution is 2.27. The van der Waals surface area contributed by atoms with Crippen LogP contribution in [-0.2, 0) is 0 Å². The Kier molecular flexibility index (Phi) is 6.67. The van der Waals surface area contributed by atoms with Crippen molar-refractivity contribution >= 4 is 0 Å². The van der Waals surface area contributed by atoms with Crippen LogP contribution in [0.15, 0.2) is 0 Å². The van der Waals surface area contributed by atoms with Gasteiger partial charge in [-0.15, -0.1) is 0 Å². The van der Waals surface area contributed by atoms with Crippen LogP contribution < -0.4 is 5.32 Å². The molecule has 0 aromatic rings. The van der Waals surface area contributed by atoms with Crippen molar-refractivity contribution in [3.63, 3.8) is 0 Å². The molecule has 1 aliphatic carbocycles.